The lowest BCUT2D eigenvalue weighted by molar-refractivity contribution is 0.242. The Balaban J connectivity index is 1.63. The maximum Gasteiger partial charge on any atom is 0.157 e. The largest absolute Gasteiger partial charge is 0.359 e. The number of amidine groups is 1. The first-order chi connectivity index (χ1) is 9.65. The summed E-state index contributed by atoms with van der Waals surface area (Å²) in [6.45, 7) is 4.92. The average Bonchev–Trinajstić information content (AvgIpc) is 2.79. The van der Waals surface area contributed by atoms with Gasteiger partial charge in [0, 0.05) is 17.5 Å². The van der Waals surface area contributed by atoms with Gasteiger partial charge in [0.1, 0.15) is 5.82 Å². The van der Waals surface area contributed by atoms with Gasteiger partial charge in [-0.15, -0.1) is 0 Å². The van der Waals surface area contributed by atoms with Crippen LogP contribution in [0.2, 0.25) is 0 Å². The van der Waals surface area contributed by atoms with E-state index >= 15 is 0 Å². The number of aliphatic imine (C=N–C) groups is 1. The summed E-state index contributed by atoms with van der Waals surface area (Å²) in [4.78, 5) is 13.2. The van der Waals surface area contributed by atoms with Crippen LogP contribution in [0.25, 0.3) is 0 Å². The van der Waals surface area contributed by atoms with Gasteiger partial charge in [0.2, 0.25) is 0 Å². The summed E-state index contributed by atoms with van der Waals surface area (Å²) in [5, 5.41) is 4.78. The van der Waals surface area contributed by atoms with Crippen molar-refractivity contribution in [3.63, 3.8) is 0 Å². The van der Waals surface area contributed by atoms with Crippen LogP contribution in [0.5, 0.6) is 0 Å². The van der Waals surface area contributed by atoms with Gasteiger partial charge in [0.25, 0.3) is 0 Å². The molecule has 108 valence electrons. The number of aryl methyl sites for hydroxylation is 1. The van der Waals surface area contributed by atoms with Crippen LogP contribution in [0.4, 0.5) is 0 Å². The number of hydrogen-bond donors (Lipinski definition) is 1. The van der Waals surface area contributed by atoms with Crippen molar-refractivity contribution in [1.29, 1.82) is 0 Å². The van der Waals surface area contributed by atoms with Crippen LogP contribution in [-0.4, -0.2) is 26.4 Å². The molecular formula is C15H22N4S. The lowest BCUT2D eigenvalue weighted by Gasteiger charge is -2.36. The molecule has 0 aromatic carbocycles. The van der Waals surface area contributed by atoms with Crippen molar-refractivity contribution in [1.82, 2.24) is 15.3 Å². The molecule has 1 spiro atoms. The van der Waals surface area contributed by atoms with Gasteiger partial charge in [-0.05, 0) is 31.7 Å². The molecule has 2 heterocycles. The van der Waals surface area contributed by atoms with Gasteiger partial charge >= 0.3 is 0 Å². The van der Waals surface area contributed by atoms with Crippen LogP contribution in [0.15, 0.2) is 17.3 Å². The standard InChI is InChI=1S/C15H22N4S/c1-11-4-3-6-15(8-11)10-20-14(19-15)17-9-13-5-7-16-12(2)18-13/h5,7,11H,3-4,6,8-10H2,1-2H3,(H,17,19). The first kappa shape index (κ1) is 13.9. The Kier molecular flexibility index (Phi) is 3.96. The summed E-state index contributed by atoms with van der Waals surface area (Å²) in [5.74, 6) is 2.81. The molecule has 1 N–H and O–H groups in total. The monoisotopic (exact) mass is 290 g/mol. The second-order valence-corrected chi connectivity index (χ2v) is 7.08. The molecule has 20 heavy (non-hydrogen) atoms. The third kappa shape index (κ3) is 3.14. The fourth-order valence-corrected chi connectivity index (χ4v) is 4.43. The molecule has 1 aliphatic carbocycles. The van der Waals surface area contributed by atoms with Gasteiger partial charge in [0.15, 0.2) is 5.17 Å². The van der Waals surface area contributed by atoms with Gasteiger partial charge in [-0.25, -0.2) is 9.97 Å². The smallest absolute Gasteiger partial charge is 0.157 e. The van der Waals surface area contributed by atoms with Crippen molar-refractivity contribution in [2.45, 2.75) is 51.6 Å². The maximum atomic E-state index is 4.69. The Morgan fingerprint density at radius 2 is 2.45 bits per heavy atom. The minimum absolute atomic E-state index is 0.308. The van der Waals surface area contributed by atoms with Crippen molar-refractivity contribution >= 4 is 16.9 Å². The van der Waals surface area contributed by atoms with E-state index in [1.807, 2.05) is 24.8 Å². The Morgan fingerprint density at radius 1 is 1.55 bits per heavy atom. The third-order valence-corrected chi connectivity index (χ3v) is 5.37. The Labute approximate surface area is 124 Å². The van der Waals surface area contributed by atoms with E-state index in [2.05, 4.69) is 27.2 Å². The van der Waals surface area contributed by atoms with E-state index in [1.54, 1.807) is 6.20 Å². The number of nitrogens with one attached hydrogen (secondary N) is 1. The second kappa shape index (κ2) is 5.72. The summed E-state index contributed by atoms with van der Waals surface area (Å²) >= 11 is 1.87. The highest BCUT2D eigenvalue weighted by Crippen LogP contribution is 2.38. The molecule has 1 aliphatic heterocycles. The predicted molar refractivity (Wildman–Crippen MR) is 83.9 cm³/mol. The molecule has 1 aromatic heterocycles. The zero-order valence-corrected chi connectivity index (χ0v) is 13.0. The van der Waals surface area contributed by atoms with E-state index in [0.29, 0.717) is 12.1 Å². The summed E-state index contributed by atoms with van der Waals surface area (Å²) in [5.41, 5.74) is 1.30. The van der Waals surface area contributed by atoms with E-state index in [1.165, 1.54) is 31.4 Å². The zero-order chi connectivity index (χ0) is 14.0. The lowest BCUT2D eigenvalue weighted by Crippen LogP contribution is -2.47. The van der Waals surface area contributed by atoms with Gasteiger partial charge in [-0.3, -0.25) is 4.99 Å². The quantitative estimate of drug-likeness (QED) is 0.910. The second-order valence-electron chi connectivity index (χ2n) is 6.11. The highest BCUT2D eigenvalue weighted by Gasteiger charge is 2.40. The molecule has 2 fully saturated rings. The first-order valence-electron chi connectivity index (χ1n) is 7.39. The molecule has 1 saturated carbocycles. The normalized spacial score (nSPS) is 31.7. The zero-order valence-electron chi connectivity index (χ0n) is 12.2. The summed E-state index contributed by atoms with van der Waals surface area (Å²) < 4.78 is 0. The summed E-state index contributed by atoms with van der Waals surface area (Å²) in [6.07, 6.45) is 7.09. The summed E-state index contributed by atoms with van der Waals surface area (Å²) in [7, 11) is 0. The van der Waals surface area contributed by atoms with Crippen molar-refractivity contribution < 1.29 is 0 Å². The molecule has 1 aromatic rings. The maximum absolute atomic E-state index is 4.69. The van der Waals surface area contributed by atoms with Crippen molar-refractivity contribution in [3.8, 4) is 0 Å². The topological polar surface area (TPSA) is 50.2 Å². The molecule has 2 unspecified atom stereocenters. The van der Waals surface area contributed by atoms with Crippen LogP contribution in [0, 0.1) is 12.8 Å². The molecule has 2 aliphatic rings. The summed E-state index contributed by atoms with van der Waals surface area (Å²) in [6, 6.07) is 1.94. The van der Waals surface area contributed by atoms with Gasteiger partial charge in [0.05, 0.1) is 12.2 Å². The predicted octanol–water partition coefficient (Wildman–Crippen LogP) is 2.93. The van der Waals surface area contributed by atoms with Crippen LogP contribution in [0.3, 0.4) is 0 Å². The van der Waals surface area contributed by atoms with Gasteiger partial charge in [-0.1, -0.05) is 31.5 Å². The number of rotatable bonds is 2. The van der Waals surface area contributed by atoms with Gasteiger partial charge in [-0.2, -0.15) is 0 Å². The fourth-order valence-electron chi connectivity index (χ4n) is 3.24. The van der Waals surface area contributed by atoms with E-state index in [-0.39, 0.29) is 0 Å². The third-order valence-electron chi connectivity index (χ3n) is 4.17. The fraction of sp³-hybridized carbons (Fsp3) is 0.667. The van der Waals surface area contributed by atoms with E-state index in [0.717, 1.165) is 22.6 Å². The number of hydrogen-bond acceptors (Lipinski definition) is 4. The molecule has 1 saturated heterocycles. The molecular weight excluding hydrogens is 268 g/mol. The highest BCUT2D eigenvalue weighted by molar-refractivity contribution is 8.14. The molecule has 4 nitrogen and oxygen atoms in total. The van der Waals surface area contributed by atoms with Gasteiger partial charge < -0.3 is 5.32 Å². The van der Waals surface area contributed by atoms with Crippen LogP contribution in [0.1, 0.15) is 44.1 Å². The van der Waals surface area contributed by atoms with Crippen LogP contribution >= 0.6 is 11.8 Å². The SMILES string of the molecule is Cc1nccc(CN=C2NC3(CCCC(C)C3)CS2)n1. The van der Waals surface area contributed by atoms with E-state index < -0.39 is 0 Å². The Bertz CT molecular complexity index is 516. The van der Waals surface area contributed by atoms with Crippen molar-refractivity contribution in [2.75, 3.05) is 5.75 Å². The van der Waals surface area contributed by atoms with E-state index in [4.69, 9.17) is 0 Å². The van der Waals surface area contributed by atoms with Crippen molar-refractivity contribution in [3.05, 3.63) is 23.8 Å². The lowest BCUT2D eigenvalue weighted by atomic mass is 9.78. The molecule has 5 heteroatoms. The number of aromatic nitrogens is 2. The minimum atomic E-state index is 0.308. The average molecular weight is 290 g/mol. The Hall–Kier alpha value is -1.10. The Morgan fingerprint density at radius 3 is 3.25 bits per heavy atom. The molecule has 2 atom stereocenters. The number of thioether (sulfide) groups is 1. The molecule has 0 amide bonds. The van der Waals surface area contributed by atoms with E-state index in [9.17, 15) is 0 Å². The highest BCUT2D eigenvalue weighted by atomic mass is 32.2. The minimum Gasteiger partial charge on any atom is -0.359 e. The van der Waals surface area contributed by atoms with Crippen molar-refractivity contribution in [2.24, 2.45) is 10.9 Å². The molecule has 0 bridgehead atoms. The molecule has 3 rings (SSSR count). The number of nitrogens with zero attached hydrogens (tertiary/aromatic N) is 3. The molecule has 0 radical (unpaired) electrons. The van der Waals surface area contributed by atoms with Crippen LogP contribution in [-0.2, 0) is 6.54 Å². The first-order valence-corrected chi connectivity index (χ1v) is 8.38. The van der Waals surface area contributed by atoms with Crippen LogP contribution < -0.4 is 5.32 Å².